The van der Waals surface area contributed by atoms with Crippen LogP contribution in [0.25, 0.3) is 10.6 Å². The second-order valence-electron chi connectivity index (χ2n) is 7.58. The minimum Gasteiger partial charge on any atom is -0.497 e. The number of anilines is 3. The Morgan fingerprint density at radius 1 is 1.06 bits per heavy atom. The van der Waals surface area contributed by atoms with Crippen LogP contribution in [0.5, 0.6) is 5.75 Å². The van der Waals surface area contributed by atoms with E-state index in [0.717, 1.165) is 33.1 Å². The predicted molar refractivity (Wildman–Crippen MR) is 127 cm³/mol. The summed E-state index contributed by atoms with van der Waals surface area (Å²) in [5.74, 6) is 0.102. The number of aryl methyl sites for hydroxylation is 4. The van der Waals surface area contributed by atoms with E-state index in [-0.39, 0.29) is 5.56 Å². The lowest BCUT2D eigenvalue weighted by atomic mass is 10.0. The normalized spacial score (nSPS) is 10.9. The number of carboxylic acid groups (broad SMARTS) is 1. The molecular formula is C24H24N4O3S. The van der Waals surface area contributed by atoms with Crippen molar-refractivity contribution in [3.8, 4) is 16.3 Å². The zero-order chi connectivity index (χ0) is 23.0. The van der Waals surface area contributed by atoms with E-state index in [1.54, 1.807) is 29.7 Å². The molecular weight excluding hydrogens is 424 g/mol. The van der Waals surface area contributed by atoms with Crippen LogP contribution in [0.4, 0.5) is 17.2 Å². The van der Waals surface area contributed by atoms with Crippen LogP contribution < -0.4 is 9.64 Å². The van der Waals surface area contributed by atoms with Crippen LogP contribution in [0, 0.1) is 27.7 Å². The highest BCUT2D eigenvalue weighted by Gasteiger charge is 2.23. The summed E-state index contributed by atoms with van der Waals surface area (Å²) in [5.41, 5.74) is 5.64. The van der Waals surface area contributed by atoms with E-state index in [1.807, 2.05) is 31.7 Å². The van der Waals surface area contributed by atoms with Crippen molar-refractivity contribution in [3.05, 3.63) is 69.9 Å². The van der Waals surface area contributed by atoms with Crippen molar-refractivity contribution in [1.82, 2.24) is 15.2 Å². The third-order valence-electron chi connectivity index (χ3n) is 5.44. The van der Waals surface area contributed by atoms with Crippen LogP contribution in [-0.4, -0.2) is 33.4 Å². The van der Waals surface area contributed by atoms with Crippen LogP contribution >= 0.6 is 11.3 Å². The van der Waals surface area contributed by atoms with E-state index in [2.05, 4.69) is 29.3 Å². The Balaban J connectivity index is 1.92. The maximum Gasteiger partial charge on any atom is 0.337 e. The minimum absolute atomic E-state index is 0.131. The average Bonchev–Trinajstić information content (AvgIpc) is 3.40. The summed E-state index contributed by atoms with van der Waals surface area (Å²) < 4.78 is 5.25. The smallest absolute Gasteiger partial charge is 0.337 e. The number of aromatic carboxylic acids is 1. The molecule has 164 valence electrons. The average molecular weight is 449 g/mol. The number of hydrogen-bond acceptors (Lipinski definition) is 6. The van der Waals surface area contributed by atoms with Crippen LogP contribution in [-0.2, 0) is 0 Å². The number of hydrogen-bond donors (Lipinski definition) is 2. The van der Waals surface area contributed by atoms with Gasteiger partial charge in [-0.1, -0.05) is 0 Å². The molecule has 2 heterocycles. The van der Waals surface area contributed by atoms with Gasteiger partial charge in [-0.2, -0.15) is 5.10 Å². The molecule has 0 unspecified atom stereocenters. The summed E-state index contributed by atoms with van der Waals surface area (Å²) in [4.78, 5) is 19.9. The van der Waals surface area contributed by atoms with Crippen molar-refractivity contribution in [3.63, 3.8) is 0 Å². The number of aromatic nitrogens is 3. The fourth-order valence-electron chi connectivity index (χ4n) is 3.63. The molecule has 2 N–H and O–H groups in total. The maximum absolute atomic E-state index is 12.1. The maximum atomic E-state index is 12.1. The molecule has 0 aliphatic rings. The van der Waals surface area contributed by atoms with Gasteiger partial charge in [-0.25, -0.2) is 9.78 Å². The molecule has 2 aromatic carbocycles. The number of H-pyrrole nitrogens is 1. The SMILES string of the molecule is COc1ccc(N(c2ccn[nH]2)c2cc(C)c(-c3nc(C)c(C)s3)cc2C)c(C(=O)O)c1. The van der Waals surface area contributed by atoms with Crippen molar-refractivity contribution in [2.45, 2.75) is 27.7 Å². The number of methoxy groups -OCH3 is 1. The van der Waals surface area contributed by atoms with Gasteiger partial charge >= 0.3 is 5.97 Å². The quantitative estimate of drug-likeness (QED) is 0.379. The van der Waals surface area contributed by atoms with Crippen molar-refractivity contribution in [2.75, 3.05) is 12.0 Å². The predicted octanol–water partition coefficient (Wildman–Crippen LogP) is 5.94. The Hall–Kier alpha value is -3.65. The molecule has 0 spiro atoms. The molecule has 4 aromatic rings. The molecule has 0 saturated carbocycles. The summed E-state index contributed by atoms with van der Waals surface area (Å²) in [5, 5.41) is 18.0. The second kappa shape index (κ2) is 8.47. The van der Waals surface area contributed by atoms with E-state index in [4.69, 9.17) is 9.72 Å². The van der Waals surface area contributed by atoms with E-state index in [1.165, 1.54) is 18.1 Å². The van der Waals surface area contributed by atoms with Gasteiger partial charge in [0.2, 0.25) is 0 Å². The topological polar surface area (TPSA) is 91.3 Å². The first-order valence-electron chi connectivity index (χ1n) is 10.1. The lowest BCUT2D eigenvalue weighted by Gasteiger charge is -2.27. The van der Waals surface area contributed by atoms with E-state index >= 15 is 0 Å². The number of aromatic amines is 1. The van der Waals surface area contributed by atoms with Crippen molar-refractivity contribution < 1.29 is 14.6 Å². The lowest BCUT2D eigenvalue weighted by Crippen LogP contribution is -2.16. The van der Waals surface area contributed by atoms with Crippen LogP contribution in [0.15, 0.2) is 42.6 Å². The molecule has 4 rings (SSSR count). The number of thiazole rings is 1. The van der Waals surface area contributed by atoms with Gasteiger partial charge in [0.15, 0.2) is 0 Å². The number of carbonyl (C=O) groups is 1. The molecule has 0 aliphatic heterocycles. The third kappa shape index (κ3) is 3.85. The van der Waals surface area contributed by atoms with Gasteiger partial charge in [0.1, 0.15) is 16.6 Å². The van der Waals surface area contributed by atoms with Crippen molar-refractivity contribution in [2.24, 2.45) is 0 Å². The Bertz CT molecular complexity index is 1280. The number of carboxylic acids is 1. The summed E-state index contributed by atoms with van der Waals surface area (Å²) in [7, 11) is 1.52. The first-order valence-corrected chi connectivity index (χ1v) is 10.9. The highest BCUT2D eigenvalue weighted by Crippen LogP contribution is 2.41. The van der Waals surface area contributed by atoms with Crippen LogP contribution in [0.3, 0.4) is 0 Å². The van der Waals surface area contributed by atoms with Gasteiger partial charge in [-0.3, -0.25) is 10.00 Å². The monoisotopic (exact) mass is 448 g/mol. The molecule has 0 radical (unpaired) electrons. The molecule has 2 aromatic heterocycles. The van der Waals surface area contributed by atoms with Gasteiger partial charge in [-0.05, 0) is 69.2 Å². The van der Waals surface area contributed by atoms with Gasteiger partial charge < -0.3 is 9.84 Å². The largest absolute Gasteiger partial charge is 0.497 e. The van der Waals surface area contributed by atoms with Gasteiger partial charge in [-0.15, -0.1) is 11.3 Å². The van der Waals surface area contributed by atoms with Crippen LogP contribution in [0.2, 0.25) is 0 Å². The molecule has 0 fully saturated rings. The summed E-state index contributed by atoms with van der Waals surface area (Å²) in [6.07, 6.45) is 1.64. The van der Waals surface area contributed by atoms with Crippen molar-refractivity contribution >= 4 is 34.5 Å². The molecule has 7 nitrogen and oxygen atoms in total. The summed E-state index contributed by atoms with van der Waals surface area (Å²) in [6, 6.07) is 11.0. The molecule has 8 heteroatoms. The minimum atomic E-state index is -1.04. The molecule has 0 bridgehead atoms. The lowest BCUT2D eigenvalue weighted by molar-refractivity contribution is 0.0697. The number of ether oxygens (including phenoxy) is 1. The Morgan fingerprint density at radius 3 is 2.44 bits per heavy atom. The number of nitrogens with zero attached hydrogens (tertiary/aromatic N) is 3. The summed E-state index contributed by atoms with van der Waals surface area (Å²) in [6.45, 7) is 8.15. The fourth-order valence-corrected chi connectivity index (χ4v) is 4.63. The first-order chi connectivity index (χ1) is 15.3. The first kappa shape index (κ1) is 21.6. The molecule has 0 amide bonds. The van der Waals surface area contributed by atoms with E-state index in [0.29, 0.717) is 17.3 Å². The molecule has 0 aliphatic carbocycles. The van der Waals surface area contributed by atoms with E-state index < -0.39 is 5.97 Å². The Kier molecular flexibility index (Phi) is 5.71. The third-order valence-corrected chi connectivity index (χ3v) is 6.55. The van der Waals surface area contributed by atoms with Crippen molar-refractivity contribution in [1.29, 1.82) is 0 Å². The second-order valence-corrected chi connectivity index (χ2v) is 8.78. The standard InChI is InChI=1S/C24H24N4O3S/c1-13-11-21(14(2)10-18(13)23-26-15(3)16(4)32-23)28(22-8-9-25-27-22)20-7-6-17(31-5)12-19(20)24(29)30/h6-12H,1-5H3,(H,25,27)(H,29,30). The Morgan fingerprint density at radius 2 is 1.84 bits per heavy atom. The molecule has 32 heavy (non-hydrogen) atoms. The zero-order valence-corrected chi connectivity index (χ0v) is 19.4. The van der Waals surface area contributed by atoms with Crippen LogP contribution in [0.1, 0.15) is 32.1 Å². The highest BCUT2D eigenvalue weighted by atomic mass is 32.1. The van der Waals surface area contributed by atoms with Gasteiger partial charge in [0, 0.05) is 16.5 Å². The van der Waals surface area contributed by atoms with E-state index in [9.17, 15) is 9.90 Å². The molecule has 0 atom stereocenters. The molecule has 0 saturated heterocycles. The highest BCUT2D eigenvalue weighted by molar-refractivity contribution is 7.15. The fraction of sp³-hybridized carbons (Fsp3) is 0.208. The number of benzene rings is 2. The number of nitrogens with one attached hydrogen (secondary N) is 1. The zero-order valence-electron chi connectivity index (χ0n) is 18.6. The number of rotatable bonds is 6. The summed E-state index contributed by atoms with van der Waals surface area (Å²) >= 11 is 1.68. The Labute approximate surface area is 190 Å². The van der Waals surface area contributed by atoms with Gasteiger partial charge in [0.05, 0.1) is 35.9 Å². The van der Waals surface area contributed by atoms with Gasteiger partial charge in [0.25, 0.3) is 0 Å².